The molecule has 0 heterocycles. The van der Waals surface area contributed by atoms with E-state index in [1.807, 2.05) is 6.92 Å². The molecule has 1 aliphatic carbocycles. The van der Waals surface area contributed by atoms with Crippen molar-refractivity contribution in [2.24, 2.45) is 0 Å². The van der Waals surface area contributed by atoms with E-state index in [0.717, 1.165) is 19.3 Å². The van der Waals surface area contributed by atoms with Gasteiger partial charge in [-0.1, -0.05) is 24.6 Å². The summed E-state index contributed by atoms with van der Waals surface area (Å²) in [6.45, 7) is 4.07. The predicted octanol–water partition coefficient (Wildman–Crippen LogP) is 4.22. The first kappa shape index (κ1) is 24.4. The van der Waals surface area contributed by atoms with E-state index in [1.54, 1.807) is 31.2 Å². The topological polar surface area (TPSA) is 103 Å². The third-order valence-electron chi connectivity index (χ3n) is 4.65. The normalized spacial score (nSPS) is 12.6. The molecule has 8 nitrogen and oxygen atoms in total. The van der Waals surface area contributed by atoms with Gasteiger partial charge in [-0.05, 0) is 56.5 Å². The fourth-order valence-electron chi connectivity index (χ4n) is 2.94. The lowest BCUT2D eigenvalue weighted by Gasteiger charge is -2.14. The van der Waals surface area contributed by atoms with Gasteiger partial charge in [0.25, 0.3) is 11.8 Å². The third-order valence-corrected chi connectivity index (χ3v) is 4.93. The molecule has 9 heteroatoms. The molecule has 0 unspecified atom stereocenters. The largest absolute Gasteiger partial charge is 0.490 e. The molecule has 2 N–H and O–H groups in total. The minimum absolute atomic E-state index is 0.138. The monoisotopic (exact) mass is 474 g/mol. The number of carbonyl (C=O) groups is 3. The standard InChI is InChI=1S/C24H27ClN2O6/c1-3-10-32-22-19(25)12-16(13-20(22)31-4-2)24(30)33-14-21(28)26-18-7-5-6-15(11-18)23(29)27-17-8-9-17/h5-7,11-13,17H,3-4,8-10,14H2,1-2H3,(H,26,28)(H,27,29). The summed E-state index contributed by atoms with van der Waals surface area (Å²) >= 11 is 6.27. The maximum atomic E-state index is 12.5. The number of esters is 1. The second-order valence-electron chi connectivity index (χ2n) is 7.52. The molecule has 0 atom stereocenters. The predicted molar refractivity (Wildman–Crippen MR) is 124 cm³/mol. The maximum Gasteiger partial charge on any atom is 0.338 e. The van der Waals surface area contributed by atoms with Crippen LogP contribution in [0.5, 0.6) is 11.5 Å². The number of ether oxygens (including phenoxy) is 3. The first-order valence-electron chi connectivity index (χ1n) is 10.9. The summed E-state index contributed by atoms with van der Waals surface area (Å²) in [6, 6.07) is 9.68. The molecule has 33 heavy (non-hydrogen) atoms. The Bertz CT molecular complexity index is 1020. The molecular formula is C24H27ClN2O6. The molecule has 1 aliphatic rings. The number of carbonyl (C=O) groups excluding carboxylic acids is 3. The number of hydrogen-bond acceptors (Lipinski definition) is 6. The average molecular weight is 475 g/mol. The summed E-state index contributed by atoms with van der Waals surface area (Å²) < 4.78 is 16.3. The lowest BCUT2D eigenvalue weighted by molar-refractivity contribution is -0.119. The molecule has 0 aromatic heterocycles. The van der Waals surface area contributed by atoms with Crippen molar-refractivity contribution in [1.29, 1.82) is 0 Å². The summed E-state index contributed by atoms with van der Waals surface area (Å²) in [7, 11) is 0. The summed E-state index contributed by atoms with van der Waals surface area (Å²) in [5, 5.41) is 5.73. The van der Waals surface area contributed by atoms with Gasteiger partial charge in [-0.3, -0.25) is 9.59 Å². The fourth-order valence-corrected chi connectivity index (χ4v) is 3.20. The molecule has 0 saturated heterocycles. The van der Waals surface area contributed by atoms with Crippen LogP contribution < -0.4 is 20.1 Å². The lowest BCUT2D eigenvalue weighted by Crippen LogP contribution is -2.25. The Balaban J connectivity index is 1.59. The van der Waals surface area contributed by atoms with Gasteiger partial charge in [-0.25, -0.2) is 4.79 Å². The molecule has 2 aromatic carbocycles. The highest BCUT2D eigenvalue weighted by molar-refractivity contribution is 6.32. The molecular weight excluding hydrogens is 448 g/mol. The molecule has 2 aromatic rings. The second-order valence-corrected chi connectivity index (χ2v) is 7.93. The van der Waals surface area contributed by atoms with Gasteiger partial charge in [-0.2, -0.15) is 0 Å². The number of hydrogen-bond donors (Lipinski definition) is 2. The number of anilines is 1. The molecule has 0 aliphatic heterocycles. The van der Waals surface area contributed by atoms with Crippen LogP contribution in [0.1, 0.15) is 53.8 Å². The van der Waals surface area contributed by atoms with E-state index in [1.165, 1.54) is 12.1 Å². The van der Waals surface area contributed by atoms with Crippen molar-refractivity contribution < 1.29 is 28.6 Å². The van der Waals surface area contributed by atoms with Crippen molar-refractivity contribution in [3.8, 4) is 11.5 Å². The quantitative estimate of drug-likeness (QED) is 0.473. The van der Waals surface area contributed by atoms with Gasteiger partial charge in [0.1, 0.15) is 0 Å². The molecule has 1 saturated carbocycles. The maximum absolute atomic E-state index is 12.5. The van der Waals surface area contributed by atoms with E-state index in [2.05, 4.69) is 10.6 Å². The molecule has 0 spiro atoms. The minimum Gasteiger partial charge on any atom is -0.490 e. The second kappa shape index (κ2) is 11.6. The number of nitrogens with one attached hydrogen (secondary N) is 2. The Kier molecular flexibility index (Phi) is 8.54. The zero-order chi connectivity index (χ0) is 23.8. The Hall–Kier alpha value is -3.26. The SMILES string of the molecule is CCCOc1c(Cl)cc(C(=O)OCC(=O)Nc2cccc(C(=O)NC3CC3)c2)cc1OCC. The molecule has 1 fully saturated rings. The van der Waals surface area contributed by atoms with E-state index in [9.17, 15) is 14.4 Å². The van der Waals surface area contributed by atoms with Crippen molar-refractivity contribution in [3.05, 3.63) is 52.5 Å². The first-order valence-corrected chi connectivity index (χ1v) is 11.3. The average Bonchev–Trinajstić information content (AvgIpc) is 3.61. The van der Waals surface area contributed by atoms with Crippen molar-refractivity contribution in [3.63, 3.8) is 0 Å². The van der Waals surface area contributed by atoms with Gasteiger partial charge in [0.05, 0.1) is 23.8 Å². The van der Waals surface area contributed by atoms with Crippen LogP contribution in [-0.2, 0) is 9.53 Å². The van der Waals surface area contributed by atoms with Crippen LogP contribution >= 0.6 is 11.6 Å². The number of halogens is 1. The first-order chi connectivity index (χ1) is 15.9. The van der Waals surface area contributed by atoms with Crippen LogP contribution in [0, 0.1) is 0 Å². The summed E-state index contributed by atoms with van der Waals surface area (Å²) in [5.41, 5.74) is 1.01. The summed E-state index contributed by atoms with van der Waals surface area (Å²) in [6.07, 6.45) is 2.76. The number of amides is 2. The van der Waals surface area contributed by atoms with Crippen LogP contribution in [0.3, 0.4) is 0 Å². The van der Waals surface area contributed by atoms with Crippen LogP contribution in [-0.4, -0.2) is 43.6 Å². The van der Waals surface area contributed by atoms with E-state index in [4.69, 9.17) is 25.8 Å². The Morgan fingerprint density at radius 3 is 2.55 bits per heavy atom. The minimum atomic E-state index is -0.729. The van der Waals surface area contributed by atoms with Gasteiger partial charge in [0.2, 0.25) is 0 Å². The van der Waals surface area contributed by atoms with Gasteiger partial charge in [0, 0.05) is 17.3 Å². The van der Waals surface area contributed by atoms with E-state index in [-0.39, 0.29) is 22.5 Å². The van der Waals surface area contributed by atoms with Crippen LogP contribution in [0.4, 0.5) is 5.69 Å². The van der Waals surface area contributed by atoms with Gasteiger partial charge < -0.3 is 24.8 Å². The Morgan fingerprint density at radius 1 is 1.06 bits per heavy atom. The van der Waals surface area contributed by atoms with Crippen LogP contribution in [0.15, 0.2) is 36.4 Å². The highest BCUT2D eigenvalue weighted by Crippen LogP contribution is 2.37. The van der Waals surface area contributed by atoms with Crippen molar-refractivity contribution in [1.82, 2.24) is 5.32 Å². The van der Waals surface area contributed by atoms with Crippen molar-refractivity contribution >= 4 is 35.1 Å². The highest BCUT2D eigenvalue weighted by atomic mass is 35.5. The number of rotatable bonds is 11. The fraction of sp³-hybridized carbons (Fsp3) is 0.375. The van der Waals surface area contributed by atoms with Crippen molar-refractivity contribution in [2.45, 2.75) is 39.2 Å². The van der Waals surface area contributed by atoms with E-state index >= 15 is 0 Å². The Labute approximate surface area is 197 Å². The molecule has 0 radical (unpaired) electrons. The van der Waals surface area contributed by atoms with Gasteiger partial charge >= 0.3 is 5.97 Å². The van der Waals surface area contributed by atoms with Crippen molar-refractivity contribution in [2.75, 3.05) is 25.1 Å². The number of benzene rings is 2. The molecule has 0 bridgehead atoms. The third kappa shape index (κ3) is 7.12. The summed E-state index contributed by atoms with van der Waals surface area (Å²) in [4.78, 5) is 36.9. The van der Waals surface area contributed by atoms with Crippen LogP contribution in [0.2, 0.25) is 5.02 Å². The molecule has 176 valence electrons. The Morgan fingerprint density at radius 2 is 1.85 bits per heavy atom. The zero-order valence-corrected chi connectivity index (χ0v) is 19.4. The zero-order valence-electron chi connectivity index (χ0n) is 18.6. The highest BCUT2D eigenvalue weighted by Gasteiger charge is 2.24. The van der Waals surface area contributed by atoms with Crippen LogP contribution in [0.25, 0.3) is 0 Å². The van der Waals surface area contributed by atoms with E-state index in [0.29, 0.717) is 36.0 Å². The van der Waals surface area contributed by atoms with E-state index < -0.39 is 18.5 Å². The summed E-state index contributed by atoms with van der Waals surface area (Å²) in [5.74, 6) is -0.764. The smallest absolute Gasteiger partial charge is 0.338 e. The molecule has 2 amide bonds. The lowest BCUT2D eigenvalue weighted by atomic mass is 10.2. The molecule has 3 rings (SSSR count). The van der Waals surface area contributed by atoms with Gasteiger partial charge in [-0.15, -0.1) is 0 Å². The van der Waals surface area contributed by atoms with Gasteiger partial charge in [0.15, 0.2) is 18.1 Å².